The van der Waals surface area contributed by atoms with Crippen molar-refractivity contribution >= 4 is 165 Å². The van der Waals surface area contributed by atoms with E-state index in [1.165, 1.54) is 44.4 Å². The van der Waals surface area contributed by atoms with Gasteiger partial charge in [0.25, 0.3) is 22.8 Å². The Morgan fingerprint density at radius 2 is 0.691 bits per heavy atom. The molecule has 0 unspecified atom stereocenters. The Balaban J connectivity index is 0.000000150. The minimum absolute atomic E-state index is 0.00790. The molecule has 15 rings (SSSR count). The molecule has 0 saturated heterocycles. The lowest BCUT2D eigenvalue weighted by Gasteiger charge is -2.30. The van der Waals surface area contributed by atoms with Crippen LogP contribution in [0.15, 0.2) is 122 Å². The molecule has 0 radical (unpaired) electrons. The number of anilines is 4. The first-order valence-corrected chi connectivity index (χ1v) is 42.3. The monoisotopic (exact) mass is 1960 g/mol. The highest BCUT2D eigenvalue weighted by Crippen LogP contribution is 2.31. The highest BCUT2D eigenvalue weighted by molar-refractivity contribution is 14.1. The highest BCUT2D eigenvalue weighted by Gasteiger charge is 2.32. The summed E-state index contributed by atoms with van der Waals surface area (Å²) in [4.78, 5) is 89.1. The van der Waals surface area contributed by atoms with Crippen LogP contribution >= 0.6 is 96.5 Å². The molecule has 0 spiro atoms. The van der Waals surface area contributed by atoms with E-state index in [1.807, 2.05) is 129 Å². The van der Waals surface area contributed by atoms with E-state index in [-0.39, 0.29) is 93.3 Å². The van der Waals surface area contributed by atoms with Crippen molar-refractivity contribution in [2.75, 3.05) is 36.6 Å². The standard InChI is InChI=1S/C21H30ClIN7O2.C20H23ClN7O3.C19H20BrClN7O2.C19H20Cl2N7O2/c1-11(2)27(12(3)4)7-8-28-17-18(22)25-20(24)26-19(17)29(21(28)31)10-15-14(6)16(23)13(5)9-30(15)32;1-12-10-28(30)14(13(2)16(12)31-3)11-27-18-15(17(21)23-19(22)24-18)26(20(27)29)9-8-25-6-4-5-7-25;2*1-11-9-28(30)13(12(2)14(11)20)10-27-17-15(16(21)23-18(22)24-17)26(19(27)29)8-7-25-5-3-4-6-25/h9,11-12,32H,7-8,10H2,1-6H3,(H2,24,25,26);4-7,10,30H,8-9,11H2,1-3H3,(H2,22,23,24);2*3-6,9,30H,7-8,10H2,1-2H3,(H2,22,23,24)/q4*+1. The van der Waals surface area contributed by atoms with Gasteiger partial charge >= 0.3 is 22.8 Å². The number of nitrogens with two attached hydrogens (primary N) is 4. The number of rotatable bonds is 23. The van der Waals surface area contributed by atoms with Crippen molar-refractivity contribution in [1.29, 1.82) is 0 Å². The molecule has 15 heterocycles. The number of fused-ring (bicyclic) bond motifs is 4. The van der Waals surface area contributed by atoms with Crippen LogP contribution in [-0.2, 0) is 72.0 Å². The fourth-order valence-corrected chi connectivity index (χ4v) is 17.0. The van der Waals surface area contributed by atoms with E-state index in [9.17, 15) is 40.0 Å². The second kappa shape index (κ2) is 37.8. The molecule has 0 amide bonds. The van der Waals surface area contributed by atoms with Crippen molar-refractivity contribution < 1.29 is 44.5 Å². The van der Waals surface area contributed by atoms with Crippen molar-refractivity contribution in [3.8, 4) is 5.75 Å². The molecule has 37 nitrogen and oxygen atoms in total. The van der Waals surface area contributed by atoms with Gasteiger partial charge in [0, 0.05) is 162 Å². The van der Waals surface area contributed by atoms with Crippen molar-refractivity contribution in [3.05, 3.63) is 241 Å². The minimum Gasteiger partial charge on any atom is -0.496 e. The topological polar surface area (TPSA) is 439 Å². The number of methoxy groups -OCH3 is 1. The van der Waals surface area contributed by atoms with E-state index in [2.05, 4.69) is 111 Å². The van der Waals surface area contributed by atoms with E-state index in [1.54, 1.807) is 37.9 Å². The maximum Gasteiger partial charge on any atom is 0.331 e. The second-order valence-electron chi connectivity index (χ2n) is 29.8. The SMILES string of the molecule is COc1c(C)c[n+](O)c(Cn2c(=O)n(CCn3cccc3)c3c(Cl)nc(N)nc32)c1C.Cc1c[n+](O)c(Cn2c(=O)n(CCN(C(C)C)C(C)C)c3c(Cl)nc(N)nc32)c(C)c1I.Cc1c[n+](O)c(Cn2c(=O)n(CCn3cccc3)c3c(Cl)nc(N)nc32)c(C)c1Br.Cc1c[n+](O)c(Cn2c(=O)n(CCn3cccc3)c3c(Cl)nc(N)nc32)c(C)c1Cl. The Bertz CT molecular complexity index is 6560. The van der Waals surface area contributed by atoms with Gasteiger partial charge in [-0.05, 0) is 158 Å². The van der Waals surface area contributed by atoms with Gasteiger partial charge in [0.15, 0.2) is 43.2 Å². The molecule has 0 atom stereocenters. The molecule has 15 aromatic rings. The van der Waals surface area contributed by atoms with Gasteiger partial charge in [-0.1, -0.05) is 58.0 Å². The predicted molar refractivity (Wildman–Crippen MR) is 477 cm³/mol. The fourth-order valence-electron chi connectivity index (χ4n) is 15.0. The number of aromatic nitrogens is 23. The van der Waals surface area contributed by atoms with Gasteiger partial charge in [0.2, 0.25) is 48.6 Å². The first-order chi connectivity index (χ1) is 58.3. The summed E-state index contributed by atoms with van der Waals surface area (Å²) in [5.41, 5.74) is 33.3. The molecule has 0 fully saturated rings. The largest absolute Gasteiger partial charge is 0.496 e. The van der Waals surface area contributed by atoms with Crippen LogP contribution in [0, 0.1) is 59.0 Å². The second-order valence-corrected chi connectivity index (χ2v) is 33.5. The van der Waals surface area contributed by atoms with E-state index < -0.39 is 0 Å². The van der Waals surface area contributed by atoms with Crippen LogP contribution in [-0.4, -0.2) is 142 Å². The Morgan fingerprint density at radius 1 is 0.407 bits per heavy atom. The molecule has 0 aliphatic rings. The van der Waals surface area contributed by atoms with Crippen LogP contribution in [0.5, 0.6) is 5.75 Å². The Labute approximate surface area is 749 Å². The minimum atomic E-state index is -0.338. The molecule has 0 saturated carbocycles. The zero-order valence-electron chi connectivity index (χ0n) is 69.4. The average Bonchev–Trinajstić information content (AvgIpc) is 1.62. The Hall–Kier alpha value is -11.3. The molecule has 0 bridgehead atoms. The Morgan fingerprint density at radius 3 is 1.02 bits per heavy atom. The van der Waals surface area contributed by atoms with Gasteiger partial charge in [-0.3, -0.25) is 62.3 Å². The molecular formula is C79H93BrCl5IN28O9+4. The van der Waals surface area contributed by atoms with E-state index in [0.29, 0.717) is 154 Å². The summed E-state index contributed by atoms with van der Waals surface area (Å²) in [5.74, 6) is 0.522. The highest BCUT2D eigenvalue weighted by atomic mass is 127. The number of pyridine rings is 4. The van der Waals surface area contributed by atoms with Gasteiger partial charge in [0.1, 0.15) is 54.0 Å². The number of imidazole rings is 4. The number of nitrogens with zero attached hydrogens (tertiary/aromatic N) is 24. The average molecular weight is 1960 g/mol. The summed E-state index contributed by atoms with van der Waals surface area (Å²) in [5, 5.41) is 42.9. The summed E-state index contributed by atoms with van der Waals surface area (Å²) < 4.78 is 29.2. The summed E-state index contributed by atoms with van der Waals surface area (Å²) in [6.45, 7) is 27.5. The summed E-state index contributed by atoms with van der Waals surface area (Å²) >= 11 is 37.6. The van der Waals surface area contributed by atoms with Gasteiger partial charge in [-0.25, -0.2) is 19.2 Å². The van der Waals surface area contributed by atoms with Gasteiger partial charge in [0.05, 0.1) is 23.3 Å². The van der Waals surface area contributed by atoms with E-state index >= 15 is 0 Å². The van der Waals surface area contributed by atoms with E-state index in [4.69, 9.17) is 85.7 Å². The van der Waals surface area contributed by atoms with Crippen LogP contribution in [0.1, 0.15) is 95.0 Å². The van der Waals surface area contributed by atoms with Crippen LogP contribution < -0.4 is 69.4 Å². The molecule has 15 aromatic heterocycles. The zero-order chi connectivity index (χ0) is 89.3. The number of aryl methyl sites for hydroxylation is 10. The summed E-state index contributed by atoms with van der Waals surface area (Å²) in [6, 6.07) is 12.1. The molecule has 44 heteroatoms. The first-order valence-electron chi connectivity index (χ1n) is 38.5. The van der Waals surface area contributed by atoms with Crippen LogP contribution in [0.4, 0.5) is 23.8 Å². The van der Waals surface area contributed by atoms with Gasteiger partial charge < -0.3 is 41.4 Å². The zero-order valence-corrected chi connectivity index (χ0v) is 76.9. The first kappa shape index (κ1) is 90.9. The third kappa shape index (κ3) is 18.8. The van der Waals surface area contributed by atoms with Crippen molar-refractivity contribution in [1.82, 2.24) is 95.0 Å². The van der Waals surface area contributed by atoms with Crippen LogP contribution in [0.2, 0.25) is 25.6 Å². The van der Waals surface area contributed by atoms with Gasteiger partial charge in [-0.15, -0.1) is 0 Å². The summed E-state index contributed by atoms with van der Waals surface area (Å²) in [7, 11) is 1.56. The maximum absolute atomic E-state index is 13.5. The Kier molecular flexibility index (Phi) is 27.9. The fraction of sp³-hybridized carbons (Fsp3) is 0.342. The van der Waals surface area contributed by atoms with Crippen molar-refractivity contribution in [3.63, 3.8) is 0 Å². The number of nitrogen functional groups attached to an aromatic ring is 4. The number of ether oxygens (including phenoxy) is 1. The molecule has 123 heavy (non-hydrogen) atoms. The lowest BCUT2D eigenvalue weighted by Crippen LogP contribution is -2.41. The van der Waals surface area contributed by atoms with Gasteiger partial charge in [-0.2, -0.15) is 39.9 Å². The summed E-state index contributed by atoms with van der Waals surface area (Å²) in [6.07, 6.45) is 17.7. The van der Waals surface area contributed by atoms with Crippen molar-refractivity contribution in [2.24, 2.45) is 0 Å². The smallest absolute Gasteiger partial charge is 0.331 e. The lowest BCUT2D eigenvalue weighted by atomic mass is 10.1. The molecule has 0 aliphatic heterocycles. The molecule has 648 valence electrons. The predicted octanol–water partition coefficient (Wildman–Crippen LogP) is 8.73. The number of hydrogen-bond donors (Lipinski definition) is 8. The van der Waals surface area contributed by atoms with Crippen LogP contribution in [0.25, 0.3) is 44.7 Å². The van der Waals surface area contributed by atoms with Crippen molar-refractivity contribution in [2.45, 2.75) is 167 Å². The molecule has 0 aliphatic carbocycles. The third-order valence-corrected chi connectivity index (χ3v) is 25.7. The van der Waals surface area contributed by atoms with E-state index in [0.717, 1.165) is 60.3 Å². The maximum atomic E-state index is 13.5. The lowest BCUT2D eigenvalue weighted by molar-refractivity contribution is -0.910. The third-order valence-electron chi connectivity index (χ3n) is 21.2. The number of halogens is 7. The molecule has 0 aromatic carbocycles. The van der Waals surface area contributed by atoms with Crippen LogP contribution in [0.3, 0.4) is 0 Å². The normalized spacial score (nSPS) is 11.6. The molecule has 12 N–H and O–H groups in total. The molecular weight excluding hydrogens is 1870 g/mol. The number of hydrogen-bond acceptors (Lipinski definition) is 22. The quantitative estimate of drug-likeness (QED) is 0.0128.